The van der Waals surface area contributed by atoms with Crippen LogP contribution in [0.4, 0.5) is 0 Å². The van der Waals surface area contributed by atoms with Gasteiger partial charge in [0.15, 0.2) is 0 Å². The lowest BCUT2D eigenvalue weighted by Crippen LogP contribution is -2.46. The Balaban J connectivity index is 2.15. The Morgan fingerprint density at radius 3 is 0.818 bits per heavy atom. The zero-order chi connectivity index (χ0) is 47.8. The van der Waals surface area contributed by atoms with Crippen molar-refractivity contribution < 1.29 is 4.48 Å². The van der Waals surface area contributed by atoms with Crippen molar-refractivity contribution in [2.45, 2.75) is 361 Å². The predicted octanol–water partition coefficient (Wildman–Crippen LogP) is 23.2. The van der Waals surface area contributed by atoms with E-state index in [1.54, 1.807) is 0 Å². The number of quaternary nitrogens is 1. The first-order chi connectivity index (χ1) is 32.3. The van der Waals surface area contributed by atoms with Gasteiger partial charge in [0.05, 0.1) is 20.1 Å². The van der Waals surface area contributed by atoms with Crippen LogP contribution < -0.4 is 0 Å². The maximum absolute atomic E-state index is 2.71. The Morgan fingerprint density at radius 2 is 0.561 bits per heavy atom. The molecule has 1 unspecified atom stereocenters. The van der Waals surface area contributed by atoms with Crippen LogP contribution in [0.1, 0.15) is 354 Å². The lowest BCUT2D eigenvalue weighted by molar-refractivity contribution is -0.926. The Bertz CT molecular complexity index is 1020. The molecule has 1 nitrogen and oxygen atoms in total. The highest BCUT2D eigenvalue weighted by atomic mass is 15.3. The predicted molar refractivity (Wildman–Crippen MR) is 302 cm³/mol. The Hall–Kier alpha value is -0.820. The van der Waals surface area contributed by atoms with Crippen LogP contribution in [-0.2, 0) is 6.54 Å². The third kappa shape index (κ3) is 42.1. The third-order valence-corrected chi connectivity index (χ3v) is 16.5. The summed E-state index contributed by atoms with van der Waals surface area (Å²) in [4.78, 5) is 0. The van der Waals surface area contributed by atoms with E-state index < -0.39 is 0 Å². The number of benzene rings is 1. The molecule has 1 rings (SSSR count). The van der Waals surface area contributed by atoms with E-state index in [4.69, 9.17) is 0 Å². The normalized spacial score (nSPS) is 12.7. The minimum atomic E-state index is 0.600. The fourth-order valence-electron chi connectivity index (χ4n) is 11.2. The molecule has 1 aromatic carbocycles. The maximum Gasteiger partial charge on any atom is 0.104 e. The van der Waals surface area contributed by atoms with E-state index in [1.165, 1.54) is 327 Å². The molecule has 0 spiro atoms. The molecule has 0 heterocycles. The van der Waals surface area contributed by atoms with Crippen molar-refractivity contribution in [1.29, 1.82) is 0 Å². The summed E-state index contributed by atoms with van der Waals surface area (Å²) < 4.78 is 1.10. The average Bonchev–Trinajstić information content (AvgIpc) is 3.31. The lowest BCUT2D eigenvalue weighted by Gasteiger charge is -2.36. The fraction of sp³-hybridized carbons (Fsp3) is 0.908. The Morgan fingerprint density at radius 1 is 0.333 bits per heavy atom. The summed E-state index contributed by atoms with van der Waals surface area (Å²) in [5, 5.41) is 0. The van der Waals surface area contributed by atoms with Crippen LogP contribution >= 0.6 is 0 Å². The smallest absolute Gasteiger partial charge is 0.104 e. The molecule has 66 heavy (non-hydrogen) atoms. The van der Waals surface area contributed by atoms with Gasteiger partial charge in [-0.1, -0.05) is 340 Å². The van der Waals surface area contributed by atoms with Gasteiger partial charge < -0.3 is 4.48 Å². The summed E-state index contributed by atoms with van der Waals surface area (Å²) in [6.45, 7) is 11.0. The zero-order valence-corrected chi connectivity index (χ0v) is 47.0. The molecule has 0 amide bonds. The molecule has 0 fully saturated rings. The highest BCUT2D eigenvalue weighted by molar-refractivity contribution is 5.13. The van der Waals surface area contributed by atoms with Crippen molar-refractivity contribution in [2.75, 3.05) is 14.1 Å². The minimum absolute atomic E-state index is 0.600. The number of hydrogen-bond donors (Lipinski definition) is 0. The summed E-state index contributed by atoms with van der Waals surface area (Å²) in [6, 6.07) is 11.8. The van der Waals surface area contributed by atoms with Crippen LogP contribution in [0.3, 0.4) is 0 Å². The largest absolute Gasteiger partial charge is 0.323 e. The molecule has 0 saturated heterocycles. The van der Waals surface area contributed by atoms with E-state index in [2.05, 4.69) is 72.1 Å². The molecule has 0 aromatic heterocycles. The maximum atomic E-state index is 2.71. The number of rotatable bonds is 54. The molecular formula is C65H126N+. The second-order valence-electron chi connectivity index (χ2n) is 23.7. The second kappa shape index (κ2) is 47.8. The van der Waals surface area contributed by atoms with Gasteiger partial charge in [-0.15, -0.1) is 0 Å². The Labute approximate surface area is 419 Å². The SMILES string of the molecule is CCCCCCCCCCCCCCCCCCC(C)(CCCCCCCCCCCCCCCCCC)CCCCCCCCCCCCCCCCC(C)[N+](C)(C)Cc1ccccc1. The van der Waals surface area contributed by atoms with Gasteiger partial charge in [-0.3, -0.25) is 0 Å². The average molecular weight is 922 g/mol. The molecule has 0 radical (unpaired) electrons. The first-order valence-electron chi connectivity index (χ1n) is 31.2. The van der Waals surface area contributed by atoms with Crippen molar-refractivity contribution in [1.82, 2.24) is 0 Å². The summed E-state index contributed by atoms with van der Waals surface area (Å²) in [7, 11) is 4.83. The van der Waals surface area contributed by atoms with Crippen molar-refractivity contribution in [3.8, 4) is 0 Å². The molecule has 1 heteroatoms. The first-order valence-corrected chi connectivity index (χ1v) is 31.2. The first kappa shape index (κ1) is 63.2. The summed E-state index contributed by atoms with van der Waals surface area (Å²) >= 11 is 0. The van der Waals surface area contributed by atoms with Crippen molar-refractivity contribution in [3.05, 3.63) is 35.9 Å². The van der Waals surface area contributed by atoms with Crippen LogP contribution in [0.15, 0.2) is 30.3 Å². The second-order valence-corrected chi connectivity index (χ2v) is 23.7. The highest BCUT2D eigenvalue weighted by Gasteiger charge is 2.24. The fourth-order valence-corrected chi connectivity index (χ4v) is 11.2. The van der Waals surface area contributed by atoms with Crippen LogP contribution in [-0.4, -0.2) is 24.6 Å². The molecule has 0 saturated carbocycles. The summed E-state index contributed by atoms with van der Waals surface area (Å²) in [6.07, 6.45) is 73.5. The molecule has 0 aliphatic heterocycles. The zero-order valence-electron chi connectivity index (χ0n) is 47.0. The summed E-state index contributed by atoms with van der Waals surface area (Å²) in [5.74, 6) is 0. The molecular weight excluding hydrogens is 795 g/mol. The third-order valence-electron chi connectivity index (χ3n) is 16.5. The molecule has 0 bridgehead atoms. The molecule has 0 N–H and O–H groups in total. The molecule has 1 atom stereocenters. The van der Waals surface area contributed by atoms with Crippen molar-refractivity contribution >= 4 is 0 Å². The number of nitrogens with zero attached hydrogens (tertiary/aromatic N) is 1. The summed E-state index contributed by atoms with van der Waals surface area (Å²) in [5.41, 5.74) is 2.07. The standard InChI is InChI=1S/C65H126N/c1-7-9-11-13-15-17-19-21-23-26-30-34-38-42-46-53-59-65(4,60-54-47-43-39-35-31-27-24-22-20-18-16-14-12-10-8-2)61-55-48-44-40-36-32-28-25-29-33-37-41-45-50-56-63(3)66(5,6)62-64-57-51-49-52-58-64/h49,51-52,57-58,63H,7-48,50,53-56,59-62H2,1-6H3/q+1. The topological polar surface area (TPSA) is 0 Å². The number of hydrogen-bond acceptors (Lipinski definition) is 0. The highest BCUT2D eigenvalue weighted by Crippen LogP contribution is 2.37. The van der Waals surface area contributed by atoms with E-state index in [0.29, 0.717) is 5.41 Å². The molecule has 1 aromatic rings. The van der Waals surface area contributed by atoms with E-state index in [0.717, 1.165) is 17.1 Å². The van der Waals surface area contributed by atoms with Gasteiger partial charge in [-0.2, -0.15) is 0 Å². The Kier molecular flexibility index (Phi) is 45.8. The molecule has 390 valence electrons. The monoisotopic (exact) mass is 921 g/mol. The van der Waals surface area contributed by atoms with E-state index in [1.807, 2.05) is 0 Å². The van der Waals surface area contributed by atoms with Crippen molar-refractivity contribution in [3.63, 3.8) is 0 Å². The van der Waals surface area contributed by atoms with Gasteiger partial charge in [0.2, 0.25) is 0 Å². The van der Waals surface area contributed by atoms with E-state index >= 15 is 0 Å². The van der Waals surface area contributed by atoms with Crippen LogP contribution in [0.25, 0.3) is 0 Å². The van der Waals surface area contributed by atoms with Crippen LogP contribution in [0.2, 0.25) is 0 Å². The minimum Gasteiger partial charge on any atom is -0.323 e. The van der Waals surface area contributed by atoms with Gasteiger partial charge >= 0.3 is 0 Å². The van der Waals surface area contributed by atoms with E-state index in [9.17, 15) is 0 Å². The van der Waals surface area contributed by atoms with Crippen molar-refractivity contribution in [2.24, 2.45) is 5.41 Å². The van der Waals surface area contributed by atoms with Crippen LogP contribution in [0, 0.1) is 5.41 Å². The quantitative estimate of drug-likeness (QED) is 0.0451. The van der Waals surface area contributed by atoms with Gasteiger partial charge in [0.25, 0.3) is 0 Å². The molecule has 0 aliphatic rings. The van der Waals surface area contributed by atoms with Gasteiger partial charge in [-0.25, -0.2) is 0 Å². The van der Waals surface area contributed by atoms with Crippen LogP contribution in [0.5, 0.6) is 0 Å². The van der Waals surface area contributed by atoms with Gasteiger partial charge in [0.1, 0.15) is 6.54 Å². The molecule has 0 aliphatic carbocycles. The van der Waals surface area contributed by atoms with Gasteiger partial charge in [-0.05, 0) is 44.4 Å². The number of unbranched alkanes of at least 4 members (excludes halogenated alkanes) is 43. The van der Waals surface area contributed by atoms with E-state index in [-0.39, 0.29) is 0 Å². The van der Waals surface area contributed by atoms with Gasteiger partial charge in [0, 0.05) is 5.56 Å². The lowest BCUT2D eigenvalue weighted by atomic mass is 9.75.